The van der Waals surface area contributed by atoms with Gasteiger partial charge in [-0.2, -0.15) is 0 Å². The highest BCUT2D eigenvalue weighted by Crippen LogP contribution is 2.15. The molecule has 0 spiro atoms. The molecule has 0 unspecified atom stereocenters. The highest BCUT2D eigenvalue weighted by atomic mass is 15.3. The van der Waals surface area contributed by atoms with Crippen LogP contribution in [0.15, 0.2) is 30.3 Å². The Bertz CT molecular complexity index is 315. The van der Waals surface area contributed by atoms with Crippen LogP contribution in [-0.4, -0.2) is 37.6 Å². The van der Waals surface area contributed by atoms with Gasteiger partial charge < -0.3 is 4.90 Å². The molecule has 0 amide bonds. The normalized spacial score (nSPS) is 17.1. The van der Waals surface area contributed by atoms with Crippen molar-refractivity contribution >= 4 is 5.69 Å². The lowest BCUT2D eigenvalue weighted by atomic mass is 10.2. The van der Waals surface area contributed by atoms with Crippen molar-refractivity contribution in [2.24, 2.45) is 0 Å². The van der Waals surface area contributed by atoms with E-state index in [-0.39, 0.29) is 0 Å². The van der Waals surface area contributed by atoms with Crippen LogP contribution in [0, 0.1) is 0 Å². The second kappa shape index (κ2) is 7.42. The molecule has 0 aromatic heterocycles. The summed E-state index contributed by atoms with van der Waals surface area (Å²) in [5.74, 6) is 0. The summed E-state index contributed by atoms with van der Waals surface area (Å²) in [6, 6.07) is 10.8. The van der Waals surface area contributed by atoms with E-state index in [9.17, 15) is 0 Å². The van der Waals surface area contributed by atoms with Crippen molar-refractivity contribution in [3.05, 3.63) is 30.3 Å². The third-order valence-electron chi connectivity index (χ3n) is 3.82. The van der Waals surface area contributed by atoms with Crippen LogP contribution in [0.25, 0.3) is 0 Å². The molecule has 1 aliphatic rings. The minimum atomic E-state index is 1.18. The fourth-order valence-electron chi connectivity index (χ4n) is 2.63. The summed E-state index contributed by atoms with van der Waals surface area (Å²) in [5, 5.41) is 0. The molecular formula is C16H26N2. The molecule has 1 aliphatic heterocycles. The summed E-state index contributed by atoms with van der Waals surface area (Å²) in [6.45, 7) is 8.37. The number of rotatable bonds is 6. The zero-order valence-corrected chi connectivity index (χ0v) is 11.6. The molecule has 0 atom stereocenters. The quantitative estimate of drug-likeness (QED) is 0.710. The first-order valence-corrected chi connectivity index (χ1v) is 7.42. The standard InChI is InChI=1S/C16H26N2/c1-2-3-4-8-11-17-12-14-18(15-13-17)16-9-6-5-7-10-16/h5-7,9-10H,2-4,8,11-15H2,1H3. The van der Waals surface area contributed by atoms with Crippen LogP contribution < -0.4 is 4.90 Å². The molecule has 1 aromatic rings. The molecule has 0 N–H and O–H groups in total. The summed E-state index contributed by atoms with van der Waals surface area (Å²) in [4.78, 5) is 5.12. The largest absolute Gasteiger partial charge is 0.369 e. The summed E-state index contributed by atoms with van der Waals surface area (Å²) < 4.78 is 0. The van der Waals surface area contributed by atoms with Gasteiger partial charge in [0.15, 0.2) is 0 Å². The minimum absolute atomic E-state index is 1.18. The number of unbranched alkanes of at least 4 members (excludes halogenated alkanes) is 3. The Hall–Kier alpha value is -1.02. The van der Waals surface area contributed by atoms with Crippen LogP contribution in [0.3, 0.4) is 0 Å². The average Bonchev–Trinajstić information content (AvgIpc) is 2.45. The van der Waals surface area contributed by atoms with E-state index in [1.165, 1.54) is 64.1 Å². The topological polar surface area (TPSA) is 6.48 Å². The van der Waals surface area contributed by atoms with Gasteiger partial charge in [0, 0.05) is 31.9 Å². The predicted molar refractivity (Wildman–Crippen MR) is 79.2 cm³/mol. The molecule has 1 fully saturated rings. The van der Waals surface area contributed by atoms with Gasteiger partial charge >= 0.3 is 0 Å². The number of anilines is 1. The van der Waals surface area contributed by atoms with Gasteiger partial charge in [-0.25, -0.2) is 0 Å². The van der Waals surface area contributed by atoms with E-state index < -0.39 is 0 Å². The lowest BCUT2D eigenvalue weighted by molar-refractivity contribution is 0.252. The first kappa shape index (κ1) is 13.4. The highest BCUT2D eigenvalue weighted by molar-refractivity contribution is 5.46. The van der Waals surface area contributed by atoms with E-state index in [4.69, 9.17) is 0 Å². The SMILES string of the molecule is CCCCCCN1CCN(c2ccccc2)CC1. The summed E-state index contributed by atoms with van der Waals surface area (Å²) in [7, 11) is 0. The molecule has 2 heteroatoms. The van der Waals surface area contributed by atoms with E-state index in [0.717, 1.165) is 0 Å². The van der Waals surface area contributed by atoms with Gasteiger partial charge in [-0.15, -0.1) is 0 Å². The molecule has 2 rings (SSSR count). The second-order valence-electron chi connectivity index (χ2n) is 5.22. The Kier molecular flexibility index (Phi) is 5.53. The van der Waals surface area contributed by atoms with E-state index in [1.54, 1.807) is 0 Å². The van der Waals surface area contributed by atoms with Crippen LogP contribution in [0.2, 0.25) is 0 Å². The Balaban J connectivity index is 1.68. The van der Waals surface area contributed by atoms with Crippen LogP contribution in [0.4, 0.5) is 5.69 Å². The number of benzene rings is 1. The van der Waals surface area contributed by atoms with Gasteiger partial charge in [-0.1, -0.05) is 44.4 Å². The summed E-state index contributed by atoms with van der Waals surface area (Å²) in [5.41, 5.74) is 1.38. The molecule has 0 bridgehead atoms. The van der Waals surface area contributed by atoms with E-state index in [1.807, 2.05) is 0 Å². The smallest absolute Gasteiger partial charge is 0.0367 e. The molecule has 0 aliphatic carbocycles. The highest BCUT2D eigenvalue weighted by Gasteiger charge is 2.16. The van der Waals surface area contributed by atoms with E-state index >= 15 is 0 Å². The van der Waals surface area contributed by atoms with Crippen molar-refractivity contribution in [1.29, 1.82) is 0 Å². The van der Waals surface area contributed by atoms with Gasteiger partial charge in [0.25, 0.3) is 0 Å². The van der Waals surface area contributed by atoms with Crippen LogP contribution in [-0.2, 0) is 0 Å². The fraction of sp³-hybridized carbons (Fsp3) is 0.625. The van der Waals surface area contributed by atoms with Gasteiger partial charge in [0.2, 0.25) is 0 Å². The van der Waals surface area contributed by atoms with Crippen molar-refractivity contribution in [3.63, 3.8) is 0 Å². The lowest BCUT2D eigenvalue weighted by Gasteiger charge is -2.36. The Morgan fingerprint density at radius 1 is 0.889 bits per heavy atom. The zero-order chi connectivity index (χ0) is 12.6. The number of hydrogen-bond donors (Lipinski definition) is 0. The molecule has 1 heterocycles. The molecule has 1 saturated heterocycles. The van der Waals surface area contributed by atoms with Crippen molar-refractivity contribution in [2.75, 3.05) is 37.6 Å². The van der Waals surface area contributed by atoms with Gasteiger partial charge in [0.05, 0.1) is 0 Å². The molecule has 2 nitrogen and oxygen atoms in total. The van der Waals surface area contributed by atoms with Gasteiger partial charge in [-0.3, -0.25) is 4.90 Å². The lowest BCUT2D eigenvalue weighted by Crippen LogP contribution is -2.46. The molecule has 100 valence electrons. The van der Waals surface area contributed by atoms with Crippen molar-refractivity contribution < 1.29 is 0 Å². The molecular weight excluding hydrogens is 220 g/mol. The number of nitrogens with zero attached hydrogens (tertiary/aromatic N) is 2. The average molecular weight is 246 g/mol. The van der Waals surface area contributed by atoms with Gasteiger partial charge in [-0.05, 0) is 25.1 Å². The Labute approximate surface area is 112 Å². The monoisotopic (exact) mass is 246 g/mol. The maximum absolute atomic E-state index is 2.62. The van der Waals surface area contributed by atoms with Crippen molar-refractivity contribution in [1.82, 2.24) is 4.90 Å². The molecule has 0 saturated carbocycles. The Morgan fingerprint density at radius 2 is 1.61 bits per heavy atom. The van der Waals surface area contributed by atoms with Crippen LogP contribution in [0.1, 0.15) is 32.6 Å². The third kappa shape index (κ3) is 4.02. The predicted octanol–water partition coefficient (Wildman–Crippen LogP) is 3.39. The first-order valence-electron chi connectivity index (χ1n) is 7.42. The van der Waals surface area contributed by atoms with Gasteiger partial charge in [0.1, 0.15) is 0 Å². The van der Waals surface area contributed by atoms with Crippen LogP contribution >= 0.6 is 0 Å². The van der Waals surface area contributed by atoms with E-state index in [0.29, 0.717) is 0 Å². The summed E-state index contributed by atoms with van der Waals surface area (Å²) in [6.07, 6.45) is 5.50. The molecule has 1 aromatic carbocycles. The molecule has 0 radical (unpaired) electrons. The minimum Gasteiger partial charge on any atom is -0.369 e. The second-order valence-corrected chi connectivity index (χ2v) is 5.22. The number of para-hydroxylation sites is 1. The van der Waals surface area contributed by atoms with E-state index in [2.05, 4.69) is 47.1 Å². The van der Waals surface area contributed by atoms with Crippen molar-refractivity contribution in [2.45, 2.75) is 32.6 Å². The maximum Gasteiger partial charge on any atom is 0.0367 e. The van der Waals surface area contributed by atoms with Crippen molar-refractivity contribution in [3.8, 4) is 0 Å². The maximum atomic E-state index is 2.62. The fourth-order valence-corrected chi connectivity index (χ4v) is 2.63. The first-order chi connectivity index (χ1) is 8.90. The van der Waals surface area contributed by atoms with Crippen LogP contribution in [0.5, 0.6) is 0 Å². The third-order valence-corrected chi connectivity index (χ3v) is 3.82. The number of piperazine rings is 1. The zero-order valence-electron chi connectivity index (χ0n) is 11.6. The number of hydrogen-bond acceptors (Lipinski definition) is 2. The Morgan fingerprint density at radius 3 is 2.28 bits per heavy atom. The molecule has 18 heavy (non-hydrogen) atoms. The summed E-state index contributed by atoms with van der Waals surface area (Å²) >= 11 is 0.